The number of carbonyl (C=O) groups excluding carboxylic acids is 1. The number of aliphatic hydroxyl groups is 1. The molecule has 4 aromatic rings. The number of likely N-dealkylation sites (tertiary alicyclic amines) is 1. The molecule has 0 bridgehead atoms. The molecule has 0 saturated carbocycles. The fourth-order valence-corrected chi connectivity index (χ4v) is 5.87. The lowest BCUT2D eigenvalue weighted by Gasteiger charge is -2.22. The Labute approximate surface area is 275 Å². The van der Waals surface area contributed by atoms with Gasteiger partial charge in [0.1, 0.15) is 36.5 Å². The summed E-state index contributed by atoms with van der Waals surface area (Å²) in [6.07, 6.45) is 5.32. The minimum absolute atomic E-state index is 0.0381. The number of halogens is 1. The average Bonchev–Trinajstić information content (AvgIpc) is 3.49. The van der Waals surface area contributed by atoms with Crippen molar-refractivity contribution in [1.29, 1.82) is 5.26 Å². The third-order valence-electron chi connectivity index (χ3n) is 8.34. The third-order valence-corrected chi connectivity index (χ3v) is 8.64. The summed E-state index contributed by atoms with van der Waals surface area (Å²) in [5.41, 5.74) is 6.72. The molecule has 2 heterocycles. The van der Waals surface area contributed by atoms with Crippen LogP contribution in [0.2, 0.25) is 5.02 Å². The van der Waals surface area contributed by atoms with Gasteiger partial charge in [0.2, 0.25) is 0 Å². The molecule has 1 fully saturated rings. The summed E-state index contributed by atoms with van der Waals surface area (Å²) >= 11 is 6.50. The van der Waals surface area contributed by atoms with E-state index in [0.717, 1.165) is 66.0 Å². The number of carbonyl (C=O) groups is 1. The van der Waals surface area contributed by atoms with Crippen LogP contribution in [0.3, 0.4) is 0 Å². The monoisotopic (exact) mass is 639 g/mol. The molecular weight excluding hydrogens is 602 g/mol. The zero-order chi connectivity index (χ0) is 32.6. The van der Waals surface area contributed by atoms with Crippen LogP contribution < -0.4 is 14.2 Å². The maximum absolute atomic E-state index is 11.8. The van der Waals surface area contributed by atoms with E-state index >= 15 is 0 Å². The van der Waals surface area contributed by atoms with Crippen LogP contribution in [-0.4, -0.2) is 53.1 Å². The summed E-state index contributed by atoms with van der Waals surface area (Å²) in [6.45, 7) is 9.20. The zero-order valence-electron chi connectivity index (χ0n) is 26.3. The van der Waals surface area contributed by atoms with Crippen LogP contribution in [0.15, 0.2) is 67.0 Å². The fourth-order valence-electron chi connectivity index (χ4n) is 5.64. The SMILES string of the molecule is Cc1c(COc2cc(OCc3cncc(C#N)c3)c(C=O)cc2Cl)cccc1-c1cccc(OC(C)CCN2CCC(O)C2)c1C. The van der Waals surface area contributed by atoms with E-state index in [-0.39, 0.29) is 25.4 Å². The second-order valence-corrected chi connectivity index (χ2v) is 12.1. The smallest absolute Gasteiger partial charge is 0.153 e. The molecule has 1 aliphatic heterocycles. The minimum Gasteiger partial charge on any atom is -0.490 e. The number of β-amino-alcohol motifs (C(OH)–C–C–N with tert-alkyl or cyclic N) is 1. The number of aldehydes is 1. The maximum Gasteiger partial charge on any atom is 0.153 e. The molecule has 0 amide bonds. The topological polar surface area (TPSA) is 105 Å². The molecule has 8 nitrogen and oxygen atoms in total. The molecule has 1 aliphatic rings. The lowest BCUT2D eigenvalue weighted by molar-refractivity contribution is 0.111. The van der Waals surface area contributed by atoms with Crippen LogP contribution in [-0.2, 0) is 13.2 Å². The standard InChI is InChI=1S/C37H38ClN3O5/c1-24(10-12-41-13-11-31(43)20-41)46-35-9-5-8-33(26(35)3)32-7-4-6-29(25(32)2)23-45-37-16-36(30(21-42)15-34(37)38)44-22-28-14-27(17-39)18-40-19-28/h4-9,14-16,18-19,21,24,31,43H,10-13,20,22-23H2,1-3H3. The molecule has 1 aromatic heterocycles. The van der Waals surface area contributed by atoms with Crippen LogP contribution in [0.25, 0.3) is 11.1 Å². The Balaban J connectivity index is 1.28. The number of nitrogens with zero attached hydrogens (tertiary/aromatic N) is 3. The van der Waals surface area contributed by atoms with Crippen molar-refractivity contribution in [1.82, 2.24) is 9.88 Å². The van der Waals surface area contributed by atoms with E-state index in [9.17, 15) is 9.90 Å². The van der Waals surface area contributed by atoms with E-state index in [1.165, 1.54) is 12.3 Å². The highest BCUT2D eigenvalue weighted by molar-refractivity contribution is 6.32. The molecule has 5 rings (SSSR count). The predicted molar refractivity (Wildman–Crippen MR) is 178 cm³/mol. The van der Waals surface area contributed by atoms with Gasteiger partial charge in [-0.3, -0.25) is 9.78 Å². The van der Waals surface area contributed by atoms with Crippen LogP contribution >= 0.6 is 11.6 Å². The van der Waals surface area contributed by atoms with Crippen molar-refractivity contribution in [3.63, 3.8) is 0 Å². The molecule has 0 spiro atoms. The van der Waals surface area contributed by atoms with Gasteiger partial charge >= 0.3 is 0 Å². The predicted octanol–water partition coefficient (Wildman–Crippen LogP) is 7.09. The van der Waals surface area contributed by atoms with E-state index < -0.39 is 0 Å². The number of pyridine rings is 1. The lowest BCUT2D eigenvalue weighted by Crippen LogP contribution is -2.27. The molecule has 0 radical (unpaired) electrons. The first-order valence-electron chi connectivity index (χ1n) is 15.4. The Morgan fingerprint density at radius 3 is 2.54 bits per heavy atom. The first-order chi connectivity index (χ1) is 22.2. The third kappa shape index (κ3) is 8.04. The Bertz CT molecular complexity index is 1740. The number of hydrogen-bond donors (Lipinski definition) is 1. The molecule has 9 heteroatoms. The summed E-state index contributed by atoms with van der Waals surface area (Å²) in [4.78, 5) is 18.1. The van der Waals surface area contributed by atoms with Crippen LogP contribution in [0.1, 0.15) is 57.9 Å². The zero-order valence-corrected chi connectivity index (χ0v) is 27.1. The summed E-state index contributed by atoms with van der Waals surface area (Å²) in [5, 5.41) is 19.2. The number of nitriles is 1. The molecule has 46 heavy (non-hydrogen) atoms. The molecule has 3 aromatic carbocycles. The highest BCUT2D eigenvalue weighted by atomic mass is 35.5. The lowest BCUT2D eigenvalue weighted by atomic mass is 9.93. The summed E-state index contributed by atoms with van der Waals surface area (Å²) in [7, 11) is 0. The minimum atomic E-state index is -0.214. The number of aliphatic hydroxyl groups excluding tert-OH is 1. The summed E-state index contributed by atoms with van der Waals surface area (Å²) in [5.74, 6) is 1.57. The molecule has 2 unspecified atom stereocenters. The molecule has 1 N–H and O–H groups in total. The van der Waals surface area contributed by atoms with Crippen molar-refractivity contribution in [3.8, 4) is 34.4 Å². The van der Waals surface area contributed by atoms with Crippen molar-refractivity contribution >= 4 is 17.9 Å². The van der Waals surface area contributed by atoms with E-state index in [1.807, 2.05) is 24.3 Å². The van der Waals surface area contributed by atoms with Crippen LogP contribution in [0.4, 0.5) is 0 Å². The average molecular weight is 640 g/mol. The van der Waals surface area contributed by atoms with Gasteiger partial charge in [-0.25, -0.2) is 0 Å². The molecular formula is C37H38ClN3O5. The van der Waals surface area contributed by atoms with Crippen molar-refractivity contribution in [2.75, 3.05) is 19.6 Å². The summed E-state index contributed by atoms with van der Waals surface area (Å²) in [6, 6.07) is 19.1. The number of rotatable bonds is 13. The summed E-state index contributed by atoms with van der Waals surface area (Å²) < 4.78 is 18.5. The molecule has 238 valence electrons. The van der Waals surface area contributed by atoms with E-state index in [2.05, 4.69) is 48.9 Å². The van der Waals surface area contributed by atoms with Crippen LogP contribution in [0.5, 0.6) is 17.2 Å². The second-order valence-electron chi connectivity index (χ2n) is 11.7. The van der Waals surface area contributed by atoms with Crippen molar-refractivity contribution < 1.29 is 24.1 Å². The Morgan fingerprint density at radius 2 is 1.80 bits per heavy atom. The number of aromatic nitrogens is 1. The van der Waals surface area contributed by atoms with Gasteiger partial charge in [0.25, 0.3) is 0 Å². The van der Waals surface area contributed by atoms with Gasteiger partial charge in [-0.15, -0.1) is 0 Å². The normalized spacial score (nSPS) is 15.3. The number of ether oxygens (including phenoxy) is 3. The Hall–Kier alpha value is -4.42. The van der Waals surface area contributed by atoms with E-state index in [1.54, 1.807) is 18.3 Å². The van der Waals surface area contributed by atoms with Crippen molar-refractivity contribution in [3.05, 3.63) is 105 Å². The highest BCUT2D eigenvalue weighted by Gasteiger charge is 2.21. The maximum atomic E-state index is 11.8. The van der Waals surface area contributed by atoms with E-state index in [4.69, 9.17) is 31.1 Å². The Kier molecular flexibility index (Phi) is 10.9. The molecule has 2 atom stereocenters. The highest BCUT2D eigenvalue weighted by Crippen LogP contribution is 2.36. The largest absolute Gasteiger partial charge is 0.490 e. The van der Waals surface area contributed by atoms with Gasteiger partial charge in [0.15, 0.2) is 6.29 Å². The van der Waals surface area contributed by atoms with Gasteiger partial charge < -0.3 is 24.2 Å². The van der Waals surface area contributed by atoms with Gasteiger partial charge in [-0.1, -0.05) is 41.9 Å². The quantitative estimate of drug-likeness (QED) is 0.155. The fraction of sp³-hybridized carbons (Fsp3) is 0.324. The Morgan fingerprint density at radius 1 is 1.04 bits per heavy atom. The van der Waals surface area contributed by atoms with Crippen LogP contribution in [0, 0.1) is 25.2 Å². The first kappa shape index (κ1) is 33.0. The molecule has 0 aliphatic carbocycles. The van der Waals surface area contributed by atoms with Crippen molar-refractivity contribution in [2.24, 2.45) is 0 Å². The van der Waals surface area contributed by atoms with Gasteiger partial charge in [-0.05, 0) is 79.6 Å². The van der Waals surface area contributed by atoms with Gasteiger partial charge in [0.05, 0.1) is 28.4 Å². The van der Waals surface area contributed by atoms with Crippen molar-refractivity contribution in [2.45, 2.75) is 59.0 Å². The van der Waals surface area contributed by atoms with Gasteiger partial charge in [0, 0.05) is 43.7 Å². The first-order valence-corrected chi connectivity index (χ1v) is 15.8. The molecule has 1 saturated heterocycles. The van der Waals surface area contributed by atoms with E-state index in [0.29, 0.717) is 39.5 Å². The second kappa shape index (κ2) is 15.2. The number of hydrogen-bond acceptors (Lipinski definition) is 8. The van der Waals surface area contributed by atoms with Gasteiger partial charge in [-0.2, -0.15) is 5.26 Å². The number of benzene rings is 3.